The Labute approximate surface area is 189 Å². The highest BCUT2D eigenvalue weighted by atomic mass is 35.5. The molecule has 1 aromatic heterocycles. The van der Waals surface area contributed by atoms with E-state index in [0.29, 0.717) is 40.0 Å². The highest BCUT2D eigenvalue weighted by Gasteiger charge is 2.14. The molecule has 31 heavy (non-hydrogen) atoms. The summed E-state index contributed by atoms with van der Waals surface area (Å²) in [6.45, 7) is 2.71. The van der Waals surface area contributed by atoms with Crippen molar-refractivity contribution in [2.45, 2.75) is 19.4 Å². The van der Waals surface area contributed by atoms with Crippen LogP contribution in [0.1, 0.15) is 23.0 Å². The summed E-state index contributed by atoms with van der Waals surface area (Å²) >= 11 is 7.00. The van der Waals surface area contributed by atoms with Crippen molar-refractivity contribution in [1.29, 1.82) is 0 Å². The van der Waals surface area contributed by atoms with Gasteiger partial charge in [-0.1, -0.05) is 11.6 Å². The van der Waals surface area contributed by atoms with E-state index in [1.54, 1.807) is 30.3 Å². The van der Waals surface area contributed by atoms with E-state index in [4.69, 9.17) is 21.4 Å². The molecule has 0 aliphatic heterocycles. The second-order valence-electron chi connectivity index (χ2n) is 6.49. The summed E-state index contributed by atoms with van der Waals surface area (Å²) in [5, 5.41) is 20.7. The maximum atomic E-state index is 12.1. The van der Waals surface area contributed by atoms with Gasteiger partial charge in [-0.2, -0.15) is 0 Å². The van der Waals surface area contributed by atoms with E-state index in [9.17, 15) is 14.4 Å². The molecule has 0 saturated carbocycles. The molecular formula is C20H25ClN4O5S. The van der Waals surface area contributed by atoms with Crippen LogP contribution in [-0.4, -0.2) is 55.7 Å². The van der Waals surface area contributed by atoms with Gasteiger partial charge in [0.15, 0.2) is 0 Å². The number of carbonyl (C=O) groups is 3. The van der Waals surface area contributed by atoms with E-state index in [-0.39, 0.29) is 31.5 Å². The lowest BCUT2D eigenvalue weighted by Gasteiger charge is -2.19. The van der Waals surface area contributed by atoms with Gasteiger partial charge in [0, 0.05) is 25.8 Å². The number of rotatable bonds is 13. The predicted octanol–water partition coefficient (Wildman–Crippen LogP) is 2.54. The number of carbonyl (C=O) groups excluding carboxylic acids is 3. The zero-order chi connectivity index (χ0) is 22.6. The van der Waals surface area contributed by atoms with Crippen molar-refractivity contribution in [1.82, 2.24) is 5.32 Å². The van der Waals surface area contributed by atoms with Crippen LogP contribution in [0, 0.1) is 0 Å². The number of hydrogen-bond acceptors (Lipinski definition) is 8. The number of halogens is 1. The maximum absolute atomic E-state index is 12.1. The molecule has 5 N–H and O–H groups in total. The number of ether oxygens (including phenoxy) is 1. The highest BCUT2D eigenvalue weighted by Crippen LogP contribution is 2.26. The van der Waals surface area contributed by atoms with Gasteiger partial charge in [0.1, 0.15) is 6.10 Å². The first kappa shape index (κ1) is 24.4. The van der Waals surface area contributed by atoms with Gasteiger partial charge in [-0.3, -0.25) is 14.4 Å². The molecule has 168 valence electrons. The molecule has 2 aromatic rings. The smallest absolute Gasteiger partial charge is 0.293 e. The fraction of sp³-hybridized carbons (Fsp3) is 0.350. The number of benzene rings is 1. The topological polar surface area (TPSA) is 129 Å². The van der Waals surface area contributed by atoms with Gasteiger partial charge >= 0.3 is 0 Å². The Morgan fingerprint density at radius 2 is 2.00 bits per heavy atom. The summed E-state index contributed by atoms with van der Waals surface area (Å²) in [5.41, 5.74) is 1.98. The second kappa shape index (κ2) is 12.8. The monoisotopic (exact) mass is 468 g/mol. The zero-order valence-electron chi connectivity index (χ0n) is 16.9. The molecule has 0 radical (unpaired) electrons. The van der Waals surface area contributed by atoms with Crippen molar-refractivity contribution in [3.8, 4) is 0 Å². The van der Waals surface area contributed by atoms with Crippen LogP contribution in [0.4, 0.5) is 17.1 Å². The Hall–Kier alpha value is -2.82. The van der Waals surface area contributed by atoms with Crippen molar-refractivity contribution in [2.75, 3.05) is 42.2 Å². The molecule has 0 saturated heterocycles. The van der Waals surface area contributed by atoms with E-state index in [1.165, 1.54) is 6.92 Å². The molecule has 9 nitrogen and oxygen atoms in total. The van der Waals surface area contributed by atoms with E-state index >= 15 is 0 Å². The molecule has 0 aliphatic rings. The number of anilines is 3. The summed E-state index contributed by atoms with van der Waals surface area (Å²) in [6, 6.07) is 8.60. The van der Waals surface area contributed by atoms with E-state index in [2.05, 4.69) is 21.3 Å². The number of aliphatic hydroxyl groups is 1. The molecule has 11 heteroatoms. The van der Waals surface area contributed by atoms with Crippen LogP contribution in [-0.2, 0) is 14.3 Å². The first-order chi connectivity index (χ1) is 14.9. The van der Waals surface area contributed by atoms with Gasteiger partial charge in [-0.25, -0.2) is 0 Å². The largest absolute Gasteiger partial charge is 0.461 e. The number of amides is 2. The average Bonchev–Trinajstić information content (AvgIpc) is 3.17. The highest BCUT2D eigenvalue weighted by molar-refractivity contribution is 7.18. The fourth-order valence-electron chi connectivity index (χ4n) is 2.61. The number of thiophene rings is 1. The summed E-state index contributed by atoms with van der Waals surface area (Å²) in [7, 11) is 0. The Kier molecular flexibility index (Phi) is 10.1. The van der Waals surface area contributed by atoms with Crippen LogP contribution in [0.5, 0.6) is 0 Å². The zero-order valence-corrected chi connectivity index (χ0v) is 18.5. The van der Waals surface area contributed by atoms with E-state index in [0.717, 1.165) is 17.0 Å². The molecule has 0 bridgehead atoms. The minimum Gasteiger partial charge on any atom is -0.461 e. The summed E-state index contributed by atoms with van der Waals surface area (Å²) < 4.78 is 5.56. The predicted molar refractivity (Wildman–Crippen MR) is 122 cm³/mol. The fourth-order valence-corrected chi connectivity index (χ4v) is 3.57. The van der Waals surface area contributed by atoms with Gasteiger partial charge in [0.05, 0.1) is 33.7 Å². The van der Waals surface area contributed by atoms with Crippen LogP contribution in [0.15, 0.2) is 30.3 Å². The normalized spacial score (nSPS) is 11.3. The summed E-state index contributed by atoms with van der Waals surface area (Å²) in [5.74, 6) is -0.524. The second-order valence-corrected chi connectivity index (χ2v) is 8.21. The van der Waals surface area contributed by atoms with Gasteiger partial charge in [0.2, 0.25) is 5.91 Å². The first-order valence-corrected chi connectivity index (χ1v) is 10.7. The number of nitrogens with one attached hydrogen (secondary N) is 4. The van der Waals surface area contributed by atoms with Crippen molar-refractivity contribution >= 4 is 58.3 Å². The van der Waals surface area contributed by atoms with Crippen LogP contribution in [0.3, 0.4) is 0 Å². The molecule has 0 spiro atoms. The lowest BCUT2D eigenvalue weighted by atomic mass is 10.2. The minimum absolute atomic E-state index is 0.0658. The average molecular weight is 469 g/mol. The third-order valence-corrected chi connectivity index (χ3v) is 5.28. The lowest BCUT2D eigenvalue weighted by Crippen LogP contribution is -2.37. The van der Waals surface area contributed by atoms with Crippen molar-refractivity contribution in [2.24, 2.45) is 0 Å². The Balaban J connectivity index is 1.97. The van der Waals surface area contributed by atoms with E-state index < -0.39 is 6.10 Å². The molecule has 2 rings (SSSR count). The quantitative estimate of drug-likeness (QED) is 0.225. The molecule has 1 unspecified atom stereocenters. The molecule has 1 atom stereocenters. The Morgan fingerprint density at radius 3 is 2.65 bits per heavy atom. The van der Waals surface area contributed by atoms with Gasteiger partial charge in [-0.15, -0.1) is 11.3 Å². The van der Waals surface area contributed by atoms with Crippen molar-refractivity contribution < 1.29 is 24.2 Å². The van der Waals surface area contributed by atoms with Gasteiger partial charge < -0.3 is 31.1 Å². The van der Waals surface area contributed by atoms with Crippen LogP contribution >= 0.6 is 22.9 Å². The maximum Gasteiger partial charge on any atom is 0.293 e. The SMILES string of the molecule is CC(=O)Nc1cc(NCC(CNC(=O)c2ccc(Cl)s2)OC=O)ccc1NCCCO. The minimum atomic E-state index is -0.608. The molecule has 2 amide bonds. The molecule has 1 heterocycles. The van der Waals surface area contributed by atoms with E-state index in [1.807, 2.05) is 0 Å². The van der Waals surface area contributed by atoms with Crippen molar-refractivity contribution in [3.63, 3.8) is 0 Å². The third-order valence-electron chi connectivity index (χ3n) is 4.05. The number of hydrogen-bond donors (Lipinski definition) is 5. The lowest BCUT2D eigenvalue weighted by molar-refractivity contribution is -0.132. The third kappa shape index (κ3) is 8.44. The van der Waals surface area contributed by atoms with Crippen LogP contribution in [0.2, 0.25) is 4.34 Å². The summed E-state index contributed by atoms with van der Waals surface area (Å²) in [4.78, 5) is 35.0. The molecule has 0 fully saturated rings. The Bertz CT molecular complexity index is 892. The van der Waals surface area contributed by atoms with Crippen molar-refractivity contribution in [3.05, 3.63) is 39.5 Å². The standard InChI is InChI=1S/C20H25ClN4O5S/c1-13(28)25-17-9-14(3-4-16(17)22-7-2-8-26)23-10-15(30-12-27)11-24-20(29)18-5-6-19(21)31-18/h3-6,9,12,15,22-23,26H,2,7-8,10-11H2,1H3,(H,24,29)(H,25,28). The molecule has 0 aliphatic carbocycles. The number of aliphatic hydroxyl groups excluding tert-OH is 1. The van der Waals surface area contributed by atoms with Gasteiger partial charge in [0.25, 0.3) is 12.4 Å². The van der Waals surface area contributed by atoms with Crippen LogP contribution in [0.25, 0.3) is 0 Å². The van der Waals surface area contributed by atoms with Gasteiger partial charge in [-0.05, 0) is 36.8 Å². The molecular weight excluding hydrogens is 444 g/mol. The molecule has 1 aromatic carbocycles. The van der Waals surface area contributed by atoms with Crippen LogP contribution < -0.4 is 21.3 Å². The first-order valence-electron chi connectivity index (χ1n) is 9.55. The Morgan fingerprint density at radius 1 is 1.19 bits per heavy atom. The summed E-state index contributed by atoms with van der Waals surface area (Å²) in [6.07, 6.45) is -0.0309.